The van der Waals surface area contributed by atoms with Crippen LogP contribution in [0.1, 0.15) is 23.3 Å². The van der Waals surface area contributed by atoms with E-state index in [4.69, 9.17) is 0 Å². The molecule has 0 amide bonds. The van der Waals surface area contributed by atoms with Gasteiger partial charge in [0, 0.05) is 41.0 Å². The zero-order valence-electron chi connectivity index (χ0n) is 14.5. The van der Waals surface area contributed by atoms with E-state index in [2.05, 4.69) is 52.1 Å². The topological polar surface area (TPSA) is 60.1 Å². The van der Waals surface area contributed by atoms with E-state index < -0.39 is 5.97 Å². The lowest BCUT2D eigenvalue weighted by Crippen LogP contribution is -1.99. The van der Waals surface area contributed by atoms with E-state index in [9.17, 15) is 9.90 Å². The summed E-state index contributed by atoms with van der Waals surface area (Å²) in [4.78, 5) is 11.2. The summed E-state index contributed by atoms with van der Waals surface area (Å²) in [5, 5.41) is 15.7. The first-order valence-corrected chi connectivity index (χ1v) is 8.90. The molecule has 5 nitrogen and oxygen atoms in total. The Bertz CT molecular complexity index is 1160. The second-order valence-electron chi connectivity index (χ2n) is 7.15. The molecule has 1 aliphatic carbocycles. The Kier molecular flexibility index (Phi) is 3.19. The van der Waals surface area contributed by atoms with Gasteiger partial charge in [0.2, 0.25) is 0 Å². The zero-order chi connectivity index (χ0) is 17.8. The number of carboxylic acid groups (broad SMARTS) is 1. The van der Waals surface area contributed by atoms with Crippen LogP contribution in [0, 0.1) is 5.92 Å². The van der Waals surface area contributed by atoms with Gasteiger partial charge in [-0.25, -0.2) is 4.79 Å². The summed E-state index contributed by atoms with van der Waals surface area (Å²) in [7, 11) is 1.78. The van der Waals surface area contributed by atoms with Crippen LogP contribution in [-0.4, -0.2) is 25.4 Å². The predicted molar refractivity (Wildman–Crippen MR) is 101 cm³/mol. The van der Waals surface area contributed by atoms with Crippen LogP contribution in [0.5, 0.6) is 0 Å². The van der Waals surface area contributed by atoms with Crippen molar-refractivity contribution in [2.45, 2.75) is 19.4 Å². The van der Waals surface area contributed by atoms with Gasteiger partial charge in [-0.1, -0.05) is 24.3 Å². The maximum atomic E-state index is 11.2. The molecule has 0 aliphatic heterocycles. The number of benzene rings is 2. The van der Waals surface area contributed by atoms with E-state index in [1.165, 1.54) is 34.6 Å². The van der Waals surface area contributed by atoms with Crippen molar-refractivity contribution in [2.75, 3.05) is 0 Å². The fraction of sp³-hybridized carbons (Fsp3) is 0.238. The summed E-state index contributed by atoms with van der Waals surface area (Å²) in [5.41, 5.74) is 4.36. The number of carbonyl (C=O) groups is 1. The average Bonchev–Trinajstić information content (AvgIpc) is 3.30. The molecule has 1 N–H and O–H groups in total. The summed E-state index contributed by atoms with van der Waals surface area (Å²) in [5.74, 6) is -0.210. The molecular formula is C21H19N3O2. The summed E-state index contributed by atoms with van der Waals surface area (Å²) in [6, 6.07) is 16.5. The lowest BCUT2D eigenvalue weighted by atomic mass is 10.1. The van der Waals surface area contributed by atoms with Gasteiger partial charge < -0.3 is 9.67 Å². The lowest BCUT2D eigenvalue weighted by molar-refractivity contribution is 0.0689. The van der Waals surface area contributed by atoms with E-state index in [-0.39, 0.29) is 5.69 Å². The van der Waals surface area contributed by atoms with Crippen molar-refractivity contribution in [2.24, 2.45) is 13.0 Å². The van der Waals surface area contributed by atoms with Crippen molar-refractivity contribution >= 4 is 27.8 Å². The van der Waals surface area contributed by atoms with Gasteiger partial charge in [-0.05, 0) is 43.0 Å². The maximum absolute atomic E-state index is 11.2. The third-order valence-electron chi connectivity index (χ3n) is 5.30. The van der Waals surface area contributed by atoms with Crippen LogP contribution in [0.4, 0.5) is 0 Å². The Labute approximate surface area is 150 Å². The molecule has 130 valence electrons. The Morgan fingerprint density at radius 1 is 1.12 bits per heavy atom. The number of hydrogen-bond donors (Lipinski definition) is 1. The van der Waals surface area contributed by atoms with Crippen molar-refractivity contribution in [3.05, 3.63) is 54.2 Å². The maximum Gasteiger partial charge on any atom is 0.356 e. The minimum atomic E-state index is -1.01. The van der Waals surface area contributed by atoms with Crippen LogP contribution >= 0.6 is 0 Å². The van der Waals surface area contributed by atoms with Crippen LogP contribution in [0.25, 0.3) is 33.1 Å². The second-order valence-corrected chi connectivity index (χ2v) is 7.15. The van der Waals surface area contributed by atoms with Gasteiger partial charge >= 0.3 is 5.97 Å². The van der Waals surface area contributed by atoms with Crippen LogP contribution in [0.15, 0.2) is 48.5 Å². The van der Waals surface area contributed by atoms with Crippen molar-refractivity contribution in [1.82, 2.24) is 14.3 Å². The fourth-order valence-electron chi connectivity index (χ4n) is 3.81. The lowest BCUT2D eigenvalue weighted by Gasteiger charge is -2.07. The number of hydrogen-bond acceptors (Lipinski definition) is 2. The molecule has 0 bridgehead atoms. The van der Waals surface area contributed by atoms with Crippen LogP contribution in [0.2, 0.25) is 0 Å². The smallest absolute Gasteiger partial charge is 0.356 e. The first-order chi connectivity index (χ1) is 12.6. The SMILES string of the molecule is Cn1nc(C(=O)O)cc1-c1ccc2c(c1)c1ccccc1n2CC1CC1. The summed E-state index contributed by atoms with van der Waals surface area (Å²) in [6.45, 7) is 1.07. The Morgan fingerprint density at radius 3 is 2.62 bits per heavy atom. The molecule has 2 aromatic carbocycles. The van der Waals surface area contributed by atoms with E-state index in [0.29, 0.717) is 0 Å². The van der Waals surface area contributed by atoms with Crippen LogP contribution in [-0.2, 0) is 13.6 Å². The largest absolute Gasteiger partial charge is 0.476 e. The number of aryl methyl sites for hydroxylation is 1. The highest BCUT2D eigenvalue weighted by atomic mass is 16.4. The van der Waals surface area contributed by atoms with Gasteiger partial charge in [0.05, 0.1) is 5.69 Å². The highest BCUT2D eigenvalue weighted by Gasteiger charge is 2.24. The van der Waals surface area contributed by atoms with Crippen molar-refractivity contribution in [3.8, 4) is 11.3 Å². The van der Waals surface area contributed by atoms with Gasteiger partial charge in [-0.3, -0.25) is 4.68 Å². The van der Waals surface area contributed by atoms with Crippen molar-refractivity contribution < 1.29 is 9.90 Å². The zero-order valence-corrected chi connectivity index (χ0v) is 14.5. The normalized spacial score (nSPS) is 14.3. The van der Waals surface area contributed by atoms with Gasteiger partial charge in [0.15, 0.2) is 5.69 Å². The minimum Gasteiger partial charge on any atom is -0.476 e. The van der Waals surface area contributed by atoms with E-state index >= 15 is 0 Å². The molecule has 0 unspecified atom stereocenters. The van der Waals surface area contributed by atoms with Crippen molar-refractivity contribution in [3.63, 3.8) is 0 Å². The van der Waals surface area contributed by atoms with Gasteiger partial charge in [0.25, 0.3) is 0 Å². The van der Waals surface area contributed by atoms with E-state index in [1.54, 1.807) is 17.8 Å². The number of nitrogens with zero attached hydrogens (tertiary/aromatic N) is 3. The number of rotatable bonds is 4. The summed E-state index contributed by atoms with van der Waals surface area (Å²) < 4.78 is 4.06. The third-order valence-corrected chi connectivity index (χ3v) is 5.30. The quantitative estimate of drug-likeness (QED) is 0.600. The monoisotopic (exact) mass is 345 g/mol. The molecule has 5 heteroatoms. The van der Waals surface area contributed by atoms with Crippen molar-refractivity contribution in [1.29, 1.82) is 0 Å². The molecule has 1 saturated carbocycles. The number of carboxylic acids is 1. The molecule has 26 heavy (non-hydrogen) atoms. The van der Waals surface area contributed by atoms with Gasteiger partial charge in [0.1, 0.15) is 0 Å². The second kappa shape index (κ2) is 5.46. The molecule has 1 aliphatic rings. The molecule has 0 atom stereocenters. The van der Waals surface area contributed by atoms with E-state index in [1.807, 2.05) is 0 Å². The first kappa shape index (κ1) is 15.2. The third kappa shape index (κ3) is 2.31. The Hall–Kier alpha value is -3.08. The number of aromatic carboxylic acids is 1. The molecule has 2 heterocycles. The molecule has 2 aromatic heterocycles. The van der Waals surface area contributed by atoms with E-state index in [0.717, 1.165) is 23.7 Å². The molecule has 5 rings (SSSR count). The standard InChI is InChI=1S/C21H19N3O2/c1-23-20(11-17(22-23)21(25)26)14-8-9-19-16(10-14)15-4-2-3-5-18(15)24(19)12-13-6-7-13/h2-5,8-11,13H,6-7,12H2,1H3,(H,25,26). The van der Waals surface area contributed by atoms with Gasteiger partial charge in [-0.15, -0.1) is 0 Å². The molecule has 0 saturated heterocycles. The minimum absolute atomic E-state index is 0.0683. The van der Waals surface area contributed by atoms with Gasteiger partial charge in [-0.2, -0.15) is 5.10 Å². The molecule has 0 radical (unpaired) electrons. The highest BCUT2D eigenvalue weighted by Crippen LogP contribution is 2.37. The number of para-hydroxylation sites is 1. The molecular weight excluding hydrogens is 326 g/mol. The number of aromatic nitrogens is 3. The Morgan fingerprint density at radius 2 is 1.88 bits per heavy atom. The summed E-state index contributed by atoms with van der Waals surface area (Å²) in [6.07, 6.45) is 2.64. The molecule has 1 fully saturated rings. The average molecular weight is 345 g/mol. The fourth-order valence-corrected chi connectivity index (χ4v) is 3.81. The van der Waals surface area contributed by atoms with Crippen LogP contribution < -0.4 is 0 Å². The summed E-state index contributed by atoms with van der Waals surface area (Å²) >= 11 is 0. The van der Waals surface area contributed by atoms with Crippen LogP contribution in [0.3, 0.4) is 0 Å². The predicted octanol–water partition coefficient (Wildman–Crippen LogP) is 4.30. The molecule has 0 spiro atoms. The molecule has 4 aromatic rings. The highest BCUT2D eigenvalue weighted by molar-refractivity contribution is 6.09. The first-order valence-electron chi connectivity index (χ1n) is 8.90. The Balaban J connectivity index is 1.72. The number of fused-ring (bicyclic) bond motifs is 3.